The topological polar surface area (TPSA) is 277 Å². The average Bonchev–Trinajstić information content (AvgIpc) is 3.28. The van der Waals surface area contributed by atoms with Gasteiger partial charge in [0.1, 0.15) is 34.5 Å². The van der Waals surface area contributed by atoms with Gasteiger partial charge < -0.3 is 44.6 Å². The lowest BCUT2D eigenvalue weighted by atomic mass is 10.5. The van der Waals surface area contributed by atoms with Crippen LogP contribution in [0.3, 0.4) is 0 Å². The maximum absolute atomic E-state index is 11.4. The molecule has 0 amide bonds. The number of rotatable bonds is 6. The van der Waals surface area contributed by atoms with Crippen LogP contribution in [0, 0.1) is 0 Å². The lowest BCUT2D eigenvalue weighted by Gasteiger charge is -2.09. The van der Waals surface area contributed by atoms with E-state index in [1.807, 2.05) is 13.8 Å². The number of hydrogen-bond acceptors (Lipinski definition) is 11. The van der Waals surface area contributed by atoms with Crippen molar-refractivity contribution < 1.29 is 10.2 Å². The average molecular weight is 515 g/mol. The molecule has 36 heavy (non-hydrogen) atoms. The molecule has 14 N–H and O–H groups in total. The van der Waals surface area contributed by atoms with Gasteiger partial charge in [0.05, 0.1) is 26.3 Å². The van der Waals surface area contributed by atoms with Crippen LogP contribution < -0.4 is 51.1 Å². The van der Waals surface area contributed by atoms with Crippen molar-refractivity contribution in [1.29, 1.82) is 0 Å². The summed E-state index contributed by atoms with van der Waals surface area (Å²) in [7, 11) is 3.28. The van der Waals surface area contributed by atoms with E-state index >= 15 is 0 Å². The molecule has 3 aromatic heterocycles. The van der Waals surface area contributed by atoms with E-state index in [2.05, 4.69) is 0 Å². The van der Waals surface area contributed by atoms with Crippen molar-refractivity contribution in [1.82, 2.24) is 28.1 Å². The van der Waals surface area contributed by atoms with Crippen molar-refractivity contribution in [2.24, 2.45) is 14.1 Å². The van der Waals surface area contributed by atoms with E-state index in [0.29, 0.717) is 24.7 Å². The van der Waals surface area contributed by atoms with Gasteiger partial charge in [-0.05, 0) is 13.8 Å². The van der Waals surface area contributed by atoms with Crippen LogP contribution in [-0.4, -0.2) is 51.5 Å². The first-order chi connectivity index (χ1) is 16.8. The first-order valence-electron chi connectivity index (χ1n) is 11.0. The molecule has 0 bridgehead atoms. The summed E-state index contributed by atoms with van der Waals surface area (Å²) in [6.07, 6.45) is 0. The summed E-state index contributed by atoms with van der Waals surface area (Å²) < 4.78 is 8.62. The molecule has 0 aliphatic carbocycles. The summed E-state index contributed by atoms with van der Waals surface area (Å²) in [5, 5.41) is 17.5. The number of nitrogen functional groups attached to an aromatic ring is 6. The van der Waals surface area contributed by atoms with E-state index in [0.717, 1.165) is 0 Å². The van der Waals surface area contributed by atoms with Crippen LogP contribution in [0.5, 0.6) is 0 Å². The fourth-order valence-corrected chi connectivity index (χ4v) is 3.32. The maximum atomic E-state index is 11.4. The number of aromatic nitrogens is 6. The van der Waals surface area contributed by atoms with E-state index < -0.39 is 5.56 Å². The van der Waals surface area contributed by atoms with E-state index in [9.17, 15) is 14.4 Å². The SMILES string of the molecule is CCn1c(N)c(N)c(=O)n1CC.Cn1c(N)c(N)c(=O)n1C.Nc1c(N)n(CCO)n(CCO)c1=O. The molecule has 17 heteroatoms. The highest BCUT2D eigenvalue weighted by molar-refractivity contribution is 5.58. The predicted octanol–water partition coefficient (Wildman–Crippen LogP) is -3.46. The van der Waals surface area contributed by atoms with E-state index in [1.165, 1.54) is 23.4 Å². The van der Waals surface area contributed by atoms with Gasteiger partial charge in [-0.1, -0.05) is 0 Å². The van der Waals surface area contributed by atoms with Crippen molar-refractivity contribution in [3.05, 3.63) is 31.1 Å². The van der Waals surface area contributed by atoms with Gasteiger partial charge in [0.2, 0.25) is 0 Å². The van der Waals surface area contributed by atoms with Gasteiger partial charge in [0, 0.05) is 27.2 Å². The number of aliphatic hydroxyl groups is 2. The van der Waals surface area contributed by atoms with Crippen LogP contribution >= 0.6 is 0 Å². The third-order valence-corrected chi connectivity index (χ3v) is 5.44. The zero-order valence-electron chi connectivity index (χ0n) is 21.0. The number of aliphatic hydroxyl groups excluding tert-OH is 2. The minimum atomic E-state index is -0.440. The Morgan fingerprint density at radius 3 is 1.25 bits per heavy atom. The Kier molecular flexibility index (Phi) is 10.3. The van der Waals surface area contributed by atoms with Gasteiger partial charge in [-0.2, -0.15) is 0 Å². The maximum Gasteiger partial charge on any atom is 0.292 e. The second kappa shape index (κ2) is 12.5. The molecule has 0 aromatic carbocycles. The second-order valence-electron chi connectivity index (χ2n) is 7.48. The summed E-state index contributed by atoms with van der Waals surface area (Å²) in [5.41, 5.74) is 32.1. The lowest BCUT2D eigenvalue weighted by Crippen LogP contribution is -2.26. The first-order valence-corrected chi connectivity index (χ1v) is 11.0. The number of hydrogen-bond donors (Lipinski definition) is 8. The molecule has 0 spiro atoms. The smallest absolute Gasteiger partial charge is 0.292 e. The summed E-state index contributed by atoms with van der Waals surface area (Å²) in [6, 6.07) is 0. The Hall–Kier alpha value is -4.25. The van der Waals surface area contributed by atoms with Crippen LogP contribution in [-0.2, 0) is 40.3 Å². The highest BCUT2D eigenvalue weighted by Crippen LogP contribution is 2.10. The molecule has 3 rings (SSSR count). The van der Waals surface area contributed by atoms with Gasteiger partial charge in [0.15, 0.2) is 0 Å². The minimum absolute atomic E-state index is 0.0492. The molecule has 0 fully saturated rings. The summed E-state index contributed by atoms with van der Waals surface area (Å²) in [4.78, 5) is 33.7. The Labute approximate surface area is 206 Å². The molecule has 0 saturated heterocycles. The van der Waals surface area contributed by atoms with E-state index in [-0.39, 0.29) is 60.3 Å². The number of anilines is 6. The Bertz CT molecular complexity index is 1310. The third kappa shape index (κ3) is 5.69. The Balaban J connectivity index is 0.000000274. The monoisotopic (exact) mass is 514 g/mol. The lowest BCUT2D eigenvalue weighted by molar-refractivity contribution is 0.230. The zero-order chi connectivity index (χ0) is 27.9. The van der Waals surface area contributed by atoms with E-state index in [4.69, 9.17) is 44.6 Å². The quantitative estimate of drug-likeness (QED) is 0.160. The van der Waals surface area contributed by atoms with Crippen molar-refractivity contribution in [2.75, 3.05) is 47.6 Å². The molecule has 0 unspecified atom stereocenters. The minimum Gasteiger partial charge on any atom is -0.394 e. The van der Waals surface area contributed by atoms with Crippen LogP contribution in [0.15, 0.2) is 14.4 Å². The van der Waals surface area contributed by atoms with Crippen LogP contribution in [0.4, 0.5) is 34.5 Å². The molecule has 204 valence electrons. The van der Waals surface area contributed by atoms with Gasteiger partial charge in [-0.15, -0.1) is 0 Å². The normalized spacial score (nSPS) is 10.5. The molecular weight excluding hydrogens is 476 g/mol. The van der Waals surface area contributed by atoms with Gasteiger partial charge in [-0.25, -0.2) is 9.36 Å². The number of nitrogens with two attached hydrogens (primary N) is 6. The van der Waals surface area contributed by atoms with Crippen molar-refractivity contribution in [3.63, 3.8) is 0 Å². The Morgan fingerprint density at radius 1 is 0.556 bits per heavy atom. The fourth-order valence-electron chi connectivity index (χ4n) is 3.32. The van der Waals surface area contributed by atoms with Crippen LogP contribution in [0.1, 0.15) is 13.8 Å². The van der Waals surface area contributed by atoms with Crippen molar-refractivity contribution in [2.45, 2.75) is 40.0 Å². The molecule has 0 aliphatic heterocycles. The van der Waals surface area contributed by atoms with Crippen LogP contribution in [0.25, 0.3) is 0 Å². The third-order valence-electron chi connectivity index (χ3n) is 5.44. The zero-order valence-corrected chi connectivity index (χ0v) is 21.0. The molecule has 0 radical (unpaired) electrons. The Morgan fingerprint density at radius 2 is 0.944 bits per heavy atom. The highest BCUT2D eigenvalue weighted by atomic mass is 16.3. The molecule has 3 heterocycles. The van der Waals surface area contributed by atoms with Gasteiger partial charge >= 0.3 is 0 Å². The van der Waals surface area contributed by atoms with E-state index in [1.54, 1.807) is 18.8 Å². The van der Waals surface area contributed by atoms with Gasteiger partial charge in [0.25, 0.3) is 16.7 Å². The number of nitrogens with zero attached hydrogens (tertiary/aromatic N) is 6. The predicted molar refractivity (Wildman–Crippen MR) is 140 cm³/mol. The molecule has 0 aliphatic rings. The molecule has 0 saturated carbocycles. The molecular formula is C19H38N12O5. The first kappa shape index (κ1) is 29.8. The molecule has 3 aromatic rings. The summed E-state index contributed by atoms with van der Waals surface area (Å²) in [6.45, 7) is 5.00. The highest BCUT2D eigenvalue weighted by Gasteiger charge is 2.14. The standard InChI is InChI=1S/C7H14N4O3.C7H14N4O.C5H10N4O/c8-5-6(9)10(1-3-12)11(2-4-13)7(5)14;1-3-10-6(9)5(8)7(12)11(10)4-2;1-8-4(7)3(6)5(10)9(8)2/h12-13H,1-4,8-9H2;3-4,8-9H2,1-2H3;6-7H2,1-2H3. The molecule has 0 atom stereocenters. The fraction of sp³-hybridized carbons (Fsp3) is 0.526. The van der Waals surface area contributed by atoms with Crippen molar-refractivity contribution in [3.8, 4) is 0 Å². The van der Waals surface area contributed by atoms with Crippen LogP contribution in [0.2, 0.25) is 0 Å². The largest absolute Gasteiger partial charge is 0.394 e. The van der Waals surface area contributed by atoms with Gasteiger partial charge in [-0.3, -0.25) is 33.1 Å². The van der Waals surface area contributed by atoms with Crippen molar-refractivity contribution >= 4 is 34.5 Å². The summed E-state index contributed by atoms with van der Waals surface area (Å²) in [5.74, 6) is 0.800. The summed E-state index contributed by atoms with van der Waals surface area (Å²) >= 11 is 0. The second-order valence-corrected chi connectivity index (χ2v) is 7.48. The molecule has 17 nitrogen and oxygen atoms in total.